The number of halogens is 2. The predicted molar refractivity (Wildman–Crippen MR) is 116 cm³/mol. The number of hydrogen-bond donors (Lipinski definition) is 2. The zero-order chi connectivity index (χ0) is 19.9. The Kier molecular flexibility index (Phi) is 12.5. The van der Waals surface area contributed by atoms with Crippen molar-refractivity contribution in [3.63, 3.8) is 0 Å². The Hall–Kier alpha value is -1.65. The maximum atomic E-state index is 14.0. The van der Waals surface area contributed by atoms with Crippen LogP contribution in [0.25, 0.3) is 0 Å². The highest BCUT2D eigenvalue weighted by Gasteiger charge is 2.08. The van der Waals surface area contributed by atoms with Crippen LogP contribution in [0.1, 0.15) is 43.2 Å². The second-order valence-corrected chi connectivity index (χ2v) is 7.23. The summed E-state index contributed by atoms with van der Waals surface area (Å²) in [7, 11) is 1.98. The molecule has 1 aromatic rings. The fourth-order valence-corrected chi connectivity index (χ4v) is 3.13. The minimum Gasteiger partial charge on any atom is -0.403 e. The van der Waals surface area contributed by atoms with Gasteiger partial charge in [-0.1, -0.05) is 42.7 Å². The predicted octanol–water partition coefficient (Wildman–Crippen LogP) is 4.99. The number of hydrogen-bond acceptors (Lipinski definition) is 3. The Morgan fingerprint density at radius 2 is 2.15 bits per heavy atom. The van der Waals surface area contributed by atoms with Gasteiger partial charge >= 0.3 is 0 Å². The van der Waals surface area contributed by atoms with Gasteiger partial charge in [-0.25, -0.2) is 4.39 Å². The molecule has 0 spiro atoms. The van der Waals surface area contributed by atoms with Crippen molar-refractivity contribution >= 4 is 17.8 Å². The van der Waals surface area contributed by atoms with Gasteiger partial charge in [0.15, 0.2) is 0 Å². The molecule has 0 aromatic heterocycles. The maximum Gasteiger partial charge on any atom is 0.126 e. The topological polar surface area (TPSA) is 50.4 Å². The van der Waals surface area contributed by atoms with Crippen LogP contribution in [-0.4, -0.2) is 26.4 Å². The number of aryl methyl sites for hydroxylation is 1. The lowest BCUT2D eigenvalue weighted by Crippen LogP contribution is -2.14. The summed E-state index contributed by atoms with van der Waals surface area (Å²) in [5.41, 5.74) is 7.10. The van der Waals surface area contributed by atoms with E-state index in [1.54, 1.807) is 18.4 Å². The summed E-state index contributed by atoms with van der Waals surface area (Å²) < 4.78 is 14.0. The normalized spacial score (nSPS) is 13.2. The fraction of sp³-hybridized carbons (Fsp3) is 0.500. The van der Waals surface area contributed by atoms with Crippen LogP contribution in [0.2, 0.25) is 0 Å². The molecular formula is C22H33ClFN3. The number of benzene rings is 1. The zero-order valence-electron chi connectivity index (χ0n) is 16.4. The van der Waals surface area contributed by atoms with E-state index in [0.29, 0.717) is 22.9 Å². The molecule has 0 amide bonds. The molecule has 0 saturated carbocycles. The Labute approximate surface area is 168 Å². The third kappa shape index (κ3) is 10.3. The molecule has 0 bridgehead atoms. The van der Waals surface area contributed by atoms with E-state index in [1.807, 2.05) is 19.2 Å². The van der Waals surface area contributed by atoms with E-state index in [0.717, 1.165) is 57.2 Å². The molecule has 0 saturated heterocycles. The Morgan fingerprint density at radius 1 is 1.33 bits per heavy atom. The van der Waals surface area contributed by atoms with Crippen LogP contribution >= 0.6 is 11.6 Å². The molecular weight excluding hydrogens is 361 g/mol. The van der Waals surface area contributed by atoms with Gasteiger partial charge in [0, 0.05) is 19.0 Å². The van der Waals surface area contributed by atoms with E-state index < -0.39 is 0 Å². The number of nitrogens with one attached hydrogen (secondary N) is 1. The highest BCUT2D eigenvalue weighted by molar-refractivity contribution is 6.39. The molecule has 3 N–H and O–H groups in total. The minimum atomic E-state index is -0.123. The van der Waals surface area contributed by atoms with Crippen LogP contribution in [0, 0.1) is 11.7 Å². The molecule has 0 heterocycles. The van der Waals surface area contributed by atoms with Crippen molar-refractivity contribution in [2.24, 2.45) is 16.6 Å². The van der Waals surface area contributed by atoms with Gasteiger partial charge in [-0.3, -0.25) is 4.99 Å². The largest absolute Gasteiger partial charge is 0.403 e. The quantitative estimate of drug-likeness (QED) is 0.265. The fourth-order valence-electron chi connectivity index (χ4n) is 3.06. The first kappa shape index (κ1) is 23.4. The third-order valence-corrected chi connectivity index (χ3v) is 4.88. The monoisotopic (exact) mass is 393 g/mol. The summed E-state index contributed by atoms with van der Waals surface area (Å²) in [6.45, 7) is 5.43. The van der Waals surface area contributed by atoms with Crippen LogP contribution in [0.15, 0.2) is 47.1 Å². The van der Waals surface area contributed by atoms with Gasteiger partial charge in [0.05, 0.1) is 5.03 Å². The average molecular weight is 394 g/mol. The number of nitrogens with zero attached hydrogens (tertiary/aromatic N) is 1. The molecule has 150 valence electrons. The van der Waals surface area contributed by atoms with Crippen molar-refractivity contribution in [3.8, 4) is 0 Å². The maximum absolute atomic E-state index is 14.0. The Morgan fingerprint density at radius 3 is 2.81 bits per heavy atom. The van der Waals surface area contributed by atoms with Crippen LogP contribution in [0.5, 0.6) is 0 Å². The molecule has 1 rings (SSSR count). The highest BCUT2D eigenvalue weighted by atomic mass is 35.5. The standard InChI is InChI=1S/C22H33ClFN3/c1-3-6-20-10-9-19(15-22(20)24)8-5-4-7-18(11-13-26-2)12-14-27-17-21(23)16-25/h3,9-10,15-18,26H,1,4-8,11-14,25H2,2H3/b21-16+,27-17?. The van der Waals surface area contributed by atoms with Gasteiger partial charge in [0.2, 0.25) is 0 Å². The van der Waals surface area contributed by atoms with E-state index in [2.05, 4.69) is 16.9 Å². The lowest BCUT2D eigenvalue weighted by atomic mass is 9.93. The smallest absolute Gasteiger partial charge is 0.126 e. The van der Waals surface area contributed by atoms with Crippen LogP contribution in [0.3, 0.4) is 0 Å². The van der Waals surface area contributed by atoms with Gasteiger partial charge in [-0.2, -0.15) is 0 Å². The average Bonchev–Trinajstić information content (AvgIpc) is 2.67. The van der Waals surface area contributed by atoms with Gasteiger partial charge < -0.3 is 11.1 Å². The van der Waals surface area contributed by atoms with E-state index in [-0.39, 0.29) is 5.82 Å². The lowest BCUT2D eigenvalue weighted by Gasteiger charge is -2.15. The van der Waals surface area contributed by atoms with Crippen LogP contribution in [-0.2, 0) is 12.8 Å². The summed E-state index contributed by atoms with van der Waals surface area (Å²) in [5, 5.41) is 3.69. The van der Waals surface area contributed by atoms with E-state index in [4.69, 9.17) is 17.3 Å². The molecule has 27 heavy (non-hydrogen) atoms. The molecule has 0 aliphatic rings. The second-order valence-electron chi connectivity index (χ2n) is 6.80. The minimum absolute atomic E-state index is 0.123. The number of nitrogens with two attached hydrogens (primary N) is 1. The molecule has 0 aliphatic heterocycles. The van der Waals surface area contributed by atoms with Gasteiger partial charge in [-0.05, 0) is 68.8 Å². The first-order valence-electron chi connectivity index (χ1n) is 9.70. The summed E-state index contributed by atoms with van der Waals surface area (Å²) >= 11 is 5.81. The van der Waals surface area contributed by atoms with Gasteiger partial charge in [0.1, 0.15) is 5.82 Å². The van der Waals surface area contributed by atoms with Gasteiger partial charge in [0.25, 0.3) is 0 Å². The first-order chi connectivity index (χ1) is 13.1. The number of unbranched alkanes of at least 4 members (excludes halogenated alkanes) is 1. The zero-order valence-corrected chi connectivity index (χ0v) is 17.1. The van der Waals surface area contributed by atoms with Crippen molar-refractivity contribution in [2.75, 3.05) is 20.1 Å². The summed E-state index contributed by atoms with van der Waals surface area (Å²) in [6.07, 6.45) is 11.7. The van der Waals surface area contributed by atoms with Crippen molar-refractivity contribution in [3.05, 3.63) is 59.0 Å². The summed E-state index contributed by atoms with van der Waals surface area (Å²) in [5.74, 6) is 0.504. The van der Waals surface area contributed by atoms with Gasteiger partial charge in [-0.15, -0.1) is 6.58 Å². The van der Waals surface area contributed by atoms with E-state index in [9.17, 15) is 4.39 Å². The van der Waals surface area contributed by atoms with Crippen molar-refractivity contribution in [1.29, 1.82) is 0 Å². The molecule has 0 fully saturated rings. The molecule has 5 heteroatoms. The third-order valence-electron chi connectivity index (χ3n) is 4.65. The van der Waals surface area contributed by atoms with Crippen LogP contribution < -0.4 is 11.1 Å². The molecule has 1 aromatic carbocycles. The summed E-state index contributed by atoms with van der Waals surface area (Å²) in [4.78, 5) is 4.32. The molecule has 1 atom stereocenters. The SMILES string of the molecule is C=CCc1ccc(CCCCC(CCN=C/C(Cl)=C\N)CCNC)cc1F. The number of rotatable bonds is 14. The molecule has 3 nitrogen and oxygen atoms in total. The molecule has 1 unspecified atom stereocenters. The van der Waals surface area contributed by atoms with Crippen molar-refractivity contribution in [1.82, 2.24) is 5.32 Å². The van der Waals surface area contributed by atoms with E-state index in [1.165, 1.54) is 6.20 Å². The first-order valence-corrected chi connectivity index (χ1v) is 10.1. The highest BCUT2D eigenvalue weighted by Crippen LogP contribution is 2.19. The van der Waals surface area contributed by atoms with Crippen molar-refractivity contribution < 1.29 is 4.39 Å². The number of allylic oxidation sites excluding steroid dienone is 2. The Balaban J connectivity index is 2.38. The summed E-state index contributed by atoms with van der Waals surface area (Å²) in [6, 6.07) is 5.57. The van der Waals surface area contributed by atoms with Crippen LogP contribution in [0.4, 0.5) is 4.39 Å². The number of aliphatic imine (C=N–C) groups is 1. The van der Waals surface area contributed by atoms with E-state index >= 15 is 0 Å². The Bertz CT molecular complexity index is 614. The van der Waals surface area contributed by atoms with Crippen molar-refractivity contribution in [2.45, 2.75) is 44.9 Å². The molecule has 0 aliphatic carbocycles. The second kappa shape index (κ2) is 14.4. The lowest BCUT2D eigenvalue weighted by molar-refractivity contribution is 0.403. The molecule has 0 radical (unpaired) electrons.